The Labute approximate surface area is 195 Å². The maximum Gasteiger partial charge on any atom is 1.00 e. The molecule has 3 rings (SSSR count). The number of rotatable bonds is 5. The van der Waals surface area contributed by atoms with Gasteiger partial charge in [0.1, 0.15) is 17.1 Å². The molecule has 0 bridgehead atoms. The predicted molar refractivity (Wildman–Crippen MR) is 101 cm³/mol. The zero-order chi connectivity index (χ0) is 22.2. The average molecular weight is 457 g/mol. The Kier molecular flexibility index (Phi) is 6.93. The number of fused-ring (bicyclic) bond motifs is 1. The maximum atomic E-state index is 11.3. The molecule has 31 heavy (non-hydrogen) atoms. The number of nitrogens with zero attached hydrogens (tertiary/aromatic N) is 4. The van der Waals surface area contributed by atoms with Crippen LogP contribution in [-0.4, -0.2) is 33.0 Å². The second-order valence-corrected chi connectivity index (χ2v) is 7.26. The molecule has 15 heteroatoms. The van der Waals surface area contributed by atoms with Crippen LogP contribution >= 0.6 is 0 Å². The van der Waals surface area contributed by atoms with E-state index in [1.165, 1.54) is 12.1 Å². The van der Waals surface area contributed by atoms with E-state index in [1.807, 2.05) is 0 Å². The number of hydrogen-bond acceptors (Lipinski definition) is 10. The van der Waals surface area contributed by atoms with Gasteiger partial charge in [-0.05, 0) is 23.6 Å². The van der Waals surface area contributed by atoms with Crippen molar-refractivity contribution in [2.75, 3.05) is 0 Å². The summed E-state index contributed by atoms with van der Waals surface area (Å²) in [4.78, 5) is 19.6. The SMILES string of the molecule is O=[N+]([O-])c1cc(N=Nc2c(O)ccc3cc(S(=O)(=O)O)ccc23)c(O)c([N+](=O)[O-])c1.[Na+]. The van der Waals surface area contributed by atoms with E-state index in [9.17, 15) is 38.9 Å². The monoisotopic (exact) mass is 457 g/mol. The fraction of sp³-hybridized carbons (Fsp3) is 0. The summed E-state index contributed by atoms with van der Waals surface area (Å²) >= 11 is 0. The van der Waals surface area contributed by atoms with Gasteiger partial charge in [-0.25, -0.2) is 0 Å². The first-order valence-corrected chi connectivity index (χ1v) is 9.24. The van der Waals surface area contributed by atoms with E-state index in [0.29, 0.717) is 6.07 Å². The molecular weight excluding hydrogens is 447 g/mol. The van der Waals surface area contributed by atoms with Crippen molar-refractivity contribution in [2.24, 2.45) is 10.2 Å². The van der Waals surface area contributed by atoms with Crippen LogP contribution in [0.4, 0.5) is 22.7 Å². The topological polar surface area (TPSA) is 206 Å². The molecule has 0 radical (unpaired) electrons. The van der Waals surface area contributed by atoms with Gasteiger partial charge in [0.2, 0.25) is 5.75 Å². The molecular formula is C16H10N4NaO9S+. The Morgan fingerprint density at radius 2 is 1.58 bits per heavy atom. The third-order valence-corrected chi connectivity index (χ3v) is 4.81. The van der Waals surface area contributed by atoms with E-state index in [2.05, 4.69) is 10.2 Å². The van der Waals surface area contributed by atoms with Crippen molar-refractivity contribution in [2.45, 2.75) is 4.90 Å². The summed E-state index contributed by atoms with van der Waals surface area (Å²) in [6.45, 7) is 0. The zero-order valence-corrected chi connectivity index (χ0v) is 18.3. The van der Waals surface area contributed by atoms with Crippen LogP contribution in [0, 0.1) is 20.2 Å². The number of nitro benzene ring substituents is 2. The van der Waals surface area contributed by atoms with E-state index in [-0.39, 0.29) is 46.0 Å². The molecule has 3 aromatic carbocycles. The van der Waals surface area contributed by atoms with Gasteiger partial charge in [-0.15, -0.1) is 10.2 Å². The van der Waals surface area contributed by atoms with Gasteiger partial charge in [-0.2, -0.15) is 8.42 Å². The van der Waals surface area contributed by atoms with Gasteiger partial charge in [-0.1, -0.05) is 12.1 Å². The van der Waals surface area contributed by atoms with E-state index < -0.39 is 53.4 Å². The Bertz CT molecular complexity index is 1360. The minimum atomic E-state index is -4.48. The normalized spacial score (nSPS) is 11.4. The molecule has 0 unspecified atom stereocenters. The van der Waals surface area contributed by atoms with E-state index in [1.54, 1.807) is 0 Å². The zero-order valence-electron chi connectivity index (χ0n) is 15.5. The quantitative estimate of drug-likeness (QED) is 0.162. The van der Waals surface area contributed by atoms with Gasteiger partial charge < -0.3 is 10.2 Å². The largest absolute Gasteiger partial charge is 1.00 e. The molecule has 3 N–H and O–H groups in total. The van der Waals surface area contributed by atoms with E-state index in [0.717, 1.165) is 24.3 Å². The molecule has 0 fully saturated rings. The Hall–Kier alpha value is -3.17. The fourth-order valence-electron chi connectivity index (χ4n) is 2.56. The predicted octanol–water partition coefficient (Wildman–Crippen LogP) is 0.734. The summed E-state index contributed by atoms with van der Waals surface area (Å²) in [6.07, 6.45) is 0. The Morgan fingerprint density at radius 3 is 2.16 bits per heavy atom. The molecule has 0 amide bonds. The summed E-state index contributed by atoms with van der Waals surface area (Å²) in [5, 5.41) is 49.8. The molecule has 0 saturated heterocycles. The third-order valence-electron chi connectivity index (χ3n) is 3.96. The van der Waals surface area contributed by atoms with Gasteiger partial charge in [0.05, 0.1) is 20.8 Å². The van der Waals surface area contributed by atoms with Gasteiger partial charge in [0.25, 0.3) is 15.8 Å². The first kappa shape index (κ1) is 24.1. The molecule has 0 spiro atoms. The van der Waals surface area contributed by atoms with Crippen molar-refractivity contribution in [1.29, 1.82) is 0 Å². The van der Waals surface area contributed by atoms with Crippen LogP contribution in [0.3, 0.4) is 0 Å². The van der Waals surface area contributed by atoms with Crippen molar-refractivity contribution >= 4 is 43.6 Å². The molecule has 3 aromatic rings. The van der Waals surface area contributed by atoms with Gasteiger partial charge in [0, 0.05) is 11.5 Å². The molecule has 0 saturated carbocycles. The molecule has 0 aliphatic carbocycles. The van der Waals surface area contributed by atoms with Crippen LogP contribution in [0.15, 0.2) is 57.6 Å². The van der Waals surface area contributed by atoms with E-state index >= 15 is 0 Å². The average Bonchev–Trinajstić information content (AvgIpc) is 2.66. The summed E-state index contributed by atoms with van der Waals surface area (Å²) in [5.41, 5.74) is -2.48. The van der Waals surface area contributed by atoms with Crippen molar-refractivity contribution in [3.8, 4) is 11.5 Å². The summed E-state index contributed by atoms with van der Waals surface area (Å²) in [5.74, 6) is -1.38. The van der Waals surface area contributed by atoms with Crippen LogP contribution in [0.2, 0.25) is 0 Å². The summed E-state index contributed by atoms with van der Waals surface area (Å²) in [6, 6.07) is 7.19. The minimum Gasteiger partial charge on any atom is -0.506 e. The molecule has 154 valence electrons. The van der Waals surface area contributed by atoms with Crippen LogP contribution in [0.25, 0.3) is 10.8 Å². The molecule has 0 aliphatic rings. The number of nitro groups is 2. The number of aromatic hydroxyl groups is 2. The van der Waals surface area contributed by atoms with E-state index in [4.69, 9.17) is 4.55 Å². The number of phenolic OH excluding ortho intramolecular Hbond substituents is 2. The third kappa shape index (κ3) is 4.95. The minimum absolute atomic E-state index is 0. The van der Waals surface area contributed by atoms with Crippen molar-refractivity contribution in [1.82, 2.24) is 0 Å². The summed E-state index contributed by atoms with van der Waals surface area (Å²) < 4.78 is 31.7. The van der Waals surface area contributed by atoms with Crippen LogP contribution in [0.1, 0.15) is 0 Å². The first-order valence-electron chi connectivity index (χ1n) is 7.80. The van der Waals surface area contributed by atoms with Crippen molar-refractivity contribution in [3.63, 3.8) is 0 Å². The van der Waals surface area contributed by atoms with Gasteiger partial charge >= 0.3 is 35.2 Å². The second-order valence-electron chi connectivity index (χ2n) is 5.84. The molecule has 0 aromatic heterocycles. The second kappa shape index (κ2) is 8.91. The van der Waals surface area contributed by atoms with Crippen molar-refractivity contribution < 1.29 is 62.6 Å². The summed E-state index contributed by atoms with van der Waals surface area (Å²) in [7, 11) is -4.48. The number of non-ortho nitro benzene ring substituents is 1. The van der Waals surface area contributed by atoms with Crippen LogP contribution < -0.4 is 29.6 Å². The number of benzene rings is 3. The Balaban J connectivity index is 0.00000341. The van der Waals surface area contributed by atoms with Crippen LogP contribution in [0.5, 0.6) is 11.5 Å². The smallest absolute Gasteiger partial charge is 0.506 e. The molecule has 0 aliphatic heterocycles. The molecule has 0 atom stereocenters. The first-order chi connectivity index (χ1) is 14.0. The Morgan fingerprint density at radius 1 is 0.903 bits per heavy atom. The van der Waals surface area contributed by atoms with Crippen molar-refractivity contribution in [3.05, 3.63) is 62.7 Å². The number of hydrogen-bond donors (Lipinski definition) is 3. The number of phenols is 2. The van der Waals surface area contributed by atoms with Gasteiger partial charge in [-0.3, -0.25) is 24.8 Å². The van der Waals surface area contributed by atoms with Gasteiger partial charge in [0.15, 0.2) is 0 Å². The van der Waals surface area contributed by atoms with Crippen LogP contribution in [-0.2, 0) is 10.1 Å². The maximum absolute atomic E-state index is 11.3. The number of azo groups is 1. The molecule has 0 heterocycles. The fourth-order valence-corrected chi connectivity index (χ4v) is 3.08. The standard InChI is InChI=1S/C16H10N4O9S.Na/c21-14-4-1-8-5-10(30(27,28)29)2-3-11(8)15(14)18-17-12-6-9(19(23)24)7-13(16(12)22)20(25)26;/h1-7,21-22H,(H,27,28,29);/q;+1. The molecule has 13 nitrogen and oxygen atoms in total.